The number of benzene rings is 1. The van der Waals surface area contributed by atoms with Crippen LogP contribution in [0.4, 0.5) is 0 Å². The van der Waals surface area contributed by atoms with Gasteiger partial charge in [0.1, 0.15) is 5.76 Å². The largest absolute Gasteiger partial charge is 0.469 e. The number of carbonyl (C=O) groups is 1. The van der Waals surface area contributed by atoms with E-state index >= 15 is 0 Å². The summed E-state index contributed by atoms with van der Waals surface area (Å²) in [5.74, 6) is 7.26. The molecule has 1 amide bonds. The van der Waals surface area contributed by atoms with Gasteiger partial charge in [-0.25, -0.2) is 4.68 Å². The Labute approximate surface area is 153 Å². The van der Waals surface area contributed by atoms with E-state index in [1.807, 2.05) is 25.1 Å². The fourth-order valence-corrected chi connectivity index (χ4v) is 3.10. The zero-order valence-corrected chi connectivity index (χ0v) is 15.0. The minimum atomic E-state index is -0.131. The first kappa shape index (κ1) is 17.4. The third kappa shape index (κ3) is 4.15. The Bertz CT molecular complexity index is 892. The maximum absolute atomic E-state index is 12.0. The number of nitrogen functional groups attached to an aromatic ring is 1. The van der Waals surface area contributed by atoms with Crippen LogP contribution in [0.25, 0.3) is 11.4 Å². The van der Waals surface area contributed by atoms with E-state index < -0.39 is 0 Å². The highest BCUT2D eigenvalue weighted by molar-refractivity contribution is 7.99. The maximum atomic E-state index is 12.0. The quantitative estimate of drug-likeness (QED) is 0.506. The molecule has 2 aromatic heterocycles. The van der Waals surface area contributed by atoms with Gasteiger partial charge in [-0.3, -0.25) is 4.79 Å². The average molecular weight is 378 g/mol. The highest BCUT2D eigenvalue weighted by Crippen LogP contribution is 2.24. The Balaban J connectivity index is 1.56. The van der Waals surface area contributed by atoms with E-state index in [0.29, 0.717) is 28.3 Å². The van der Waals surface area contributed by atoms with Crippen molar-refractivity contribution in [3.05, 3.63) is 52.9 Å². The molecule has 0 bridgehead atoms. The van der Waals surface area contributed by atoms with Gasteiger partial charge in [0.2, 0.25) is 11.1 Å². The van der Waals surface area contributed by atoms with Crippen molar-refractivity contribution < 1.29 is 9.21 Å². The lowest BCUT2D eigenvalue weighted by Gasteiger charge is -2.06. The molecule has 0 aliphatic rings. The first-order valence-corrected chi connectivity index (χ1v) is 8.80. The lowest BCUT2D eigenvalue weighted by atomic mass is 10.2. The molecular weight excluding hydrogens is 362 g/mol. The molecule has 25 heavy (non-hydrogen) atoms. The van der Waals surface area contributed by atoms with E-state index in [9.17, 15) is 4.79 Å². The molecule has 130 valence electrons. The number of rotatable bonds is 6. The number of aromatic nitrogens is 3. The lowest BCUT2D eigenvalue weighted by Crippen LogP contribution is -2.25. The van der Waals surface area contributed by atoms with Crippen molar-refractivity contribution in [2.24, 2.45) is 0 Å². The SMILES string of the molecule is Cc1occc1-c1nnc(SCC(=O)NCc2cccc(Cl)c2)n1N. The summed E-state index contributed by atoms with van der Waals surface area (Å²) in [6, 6.07) is 9.11. The molecule has 0 aliphatic carbocycles. The van der Waals surface area contributed by atoms with E-state index in [1.165, 1.54) is 16.4 Å². The Morgan fingerprint density at radius 1 is 1.40 bits per heavy atom. The van der Waals surface area contributed by atoms with Crippen molar-refractivity contribution >= 4 is 29.3 Å². The molecule has 0 unspecified atom stereocenters. The predicted molar refractivity (Wildman–Crippen MR) is 96.6 cm³/mol. The van der Waals surface area contributed by atoms with Crippen molar-refractivity contribution in [3.63, 3.8) is 0 Å². The van der Waals surface area contributed by atoms with Crippen LogP contribution >= 0.6 is 23.4 Å². The number of nitrogens with zero attached hydrogens (tertiary/aromatic N) is 3. The Morgan fingerprint density at radius 2 is 2.24 bits per heavy atom. The highest BCUT2D eigenvalue weighted by Gasteiger charge is 2.16. The van der Waals surface area contributed by atoms with Crippen LogP contribution in [0.5, 0.6) is 0 Å². The second kappa shape index (κ2) is 7.62. The number of aryl methyl sites for hydroxylation is 1. The number of thioether (sulfide) groups is 1. The van der Waals surface area contributed by atoms with Gasteiger partial charge in [0.05, 0.1) is 17.6 Å². The first-order chi connectivity index (χ1) is 12.0. The van der Waals surface area contributed by atoms with Crippen LogP contribution in [-0.2, 0) is 11.3 Å². The minimum Gasteiger partial charge on any atom is -0.469 e. The number of hydrogen-bond acceptors (Lipinski definition) is 6. The second-order valence-electron chi connectivity index (χ2n) is 5.26. The first-order valence-electron chi connectivity index (χ1n) is 7.43. The van der Waals surface area contributed by atoms with Gasteiger partial charge in [0.25, 0.3) is 0 Å². The zero-order chi connectivity index (χ0) is 17.8. The van der Waals surface area contributed by atoms with Crippen LogP contribution < -0.4 is 11.2 Å². The van der Waals surface area contributed by atoms with Crippen LogP contribution in [0.3, 0.4) is 0 Å². The van der Waals surface area contributed by atoms with E-state index in [-0.39, 0.29) is 11.7 Å². The summed E-state index contributed by atoms with van der Waals surface area (Å²) in [5.41, 5.74) is 1.71. The van der Waals surface area contributed by atoms with Gasteiger partial charge >= 0.3 is 0 Å². The summed E-state index contributed by atoms with van der Waals surface area (Å²) >= 11 is 7.13. The van der Waals surface area contributed by atoms with Crippen molar-refractivity contribution in [2.75, 3.05) is 11.6 Å². The van der Waals surface area contributed by atoms with Crippen molar-refractivity contribution in [2.45, 2.75) is 18.6 Å². The summed E-state index contributed by atoms with van der Waals surface area (Å²) in [4.78, 5) is 12.0. The second-order valence-corrected chi connectivity index (χ2v) is 6.64. The molecule has 9 heteroatoms. The summed E-state index contributed by atoms with van der Waals surface area (Å²) in [5, 5.41) is 12.0. The van der Waals surface area contributed by atoms with Crippen molar-refractivity contribution in [1.29, 1.82) is 0 Å². The third-order valence-corrected chi connectivity index (χ3v) is 4.65. The molecule has 0 spiro atoms. The molecule has 0 atom stereocenters. The van der Waals surface area contributed by atoms with Crippen molar-refractivity contribution in [3.8, 4) is 11.4 Å². The normalized spacial score (nSPS) is 10.8. The van der Waals surface area contributed by atoms with E-state index in [1.54, 1.807) is 18.4 Å². The van der Waals surface area contributed by atoms with Gasteiger partial charge in [-0.05, 0) is 30.7 Å². The molecule has 1 aromatic carbocycles. The lowest BCUT2D eigenvalue weighted by molar-refractivity contribution is -0.118. The zero-order valence-electron chi connectivity index (χ0n) is 13.4. The van der Waals surface area contributed by atoms with Crippen LogP contribution in [0.1, 0.15) is 11.3 Å². The number of furan rings is 1. The van der Waals surface area contributed by atoms with Gasteiger partial charge in [-0.1, -0.05) is 35.5 Å². The molecule has 0 radical (unpaired) electrons. The molecule has 7 nitrogen and oxygen atoms in total. The van der Waals surface area contributed by atoms with Crippen LogP contribution in [-0.4, -0.2) is 26.5 Å². The molecular formula is C16H16ClN5O2S. The van der Waals surface area contributed by atoms with Gasteiger partial charge in [0.15, 0.2) is 5.82 Å². The topological polar surface area (TPSA) is 99.0 Å². The van der Waals surface area contributed by atoms with Crippen molar-refractivity contribution in [1.82, 2.24) is 20.2 Å². The average Bonchev–Trinajstić information content (AvgIpc) is 3.16. The fraction of sp³-hybridized carbons (Fsp3) is 0.188. The van der Waals surface area contributed by atoms with Gasteiger partial charge < -0.3 is 15.6 Å². The summed E-state index contributed by atoms with van der Waals surface area (Å²) < 4.78 is 6.60. The van der Waals surface area contributed by atoms with Gasteiger partial charge in [-0.15, -0.1) is 10.2 Å². The molecule has 0 saturated heterocycles. The smallest absolute Gasteiger partial charge is 0.230 e. The van der Waals surface area contributed by atoms with Crippen LogP contribution in [0, 0.1) is 6.92 Å². The number of nitrogens with one attached hydrogen (secondary N) is 1. The predicted octanol–water partition coefficient (Wildman–Crippen LogP) is 2.62. The summed E-state index contributed by atoms with van der Waals surface area (Å²) in [7, 11) is 0. The molecule has 3 rings (SSSR count). The monoisotopic (exact) mass is 377 g/mol. The molecule has 3 N–H and O–H groups in total. The fourth-order valence-electron chi connectivity index (χ4n) is 2.20. The highest BCUT2D eigenvalue weighted by atomic mass is 35.5. The number of hydrogen-bond donors (Lipinski definition) is 2. The maximum Gasteiger partial charge on any atom is 0.230 e. The number of carbonyl (C=O) groups excluding carboxylic acids is 1. The summed E-state index contributed by atoms with van der Waals surface area (Å²) in [6.45, 7) is 2.23. The Morgan fingerprint density at radius 3 is 2.96 bits per heavy atom. The third-order valence-electron chi connectivity index (χ3n) is 3.48. The minimum absolute atomic E-state index is 0.131. The van der Waals surface area contributed by atoms with E-state index in [2.05, 4.69) is 15.5 Å². The summed E-state index contributed by atoms with van der Waals surface area (Å²) in [6.07, 6.45) is 1.56. The van der Waals surface area contributed by atoms with E-state index in [4.69, 9.17) is 21.9 Å². The molecule has 0 fully saturated rings. The number of nitrogens with two attached hydrogens (primary N) is 1. The van der Waals surface area contributed by atoms with Crippen LogP contribution in [0.15, 0.2) is 46.2 Å². The Hall–Kier alpha value is -2.45. The van der Waals surface area contributed by atoms with Gasteiger partial charge in [0, 0.05) is 11.6 Å². The standard InChI is InChI=1S/C16H16ClN5O2S/c1-10-13(5-6-24-10)15-20-21-16(22(15)18)25-9-14(23)19-8-11-3-2-4-12(17)7-11/h2-7H,8-9,18H2,1H3,(H,19,23). The van der Waals surface area contributed by atoms with E-state index in [0.717, 1.165) is 11.1 Å². The van der Waals surface area contributed by atoms with Crippen LogP contribution in [0.2, 0.25) is 5.02 Å². The molecule has 0 saturated carbocycles. The molecule has 2 heterocycles. The van der Waals surface area contributed by atoms with Gasteiger partial charge in [-0.2, -0.15) is 0 Å². The molecule has 0 aliphatic heterocycles. The number of halogens is 1. The Kier molecular flexibility index (Phi) is 5.30. The molecule has 3 aromatic rings. The number of amides is 1.